The van der Waals surface area contributed by atoms with Crippen LogP contribution in [0.25, 0.3) is 0 Å². The van der Waals surface area contributed by atoms with Crippen LogP contribution in [0.5, 0.6) is 5.75 Å². The molecule has 3 rings (SSSR count). The molecule has 0 aliphatic carbocycles. The van der Waals surface area contributed by atoms with Crippen LogP contribution in [0.1, 0.15) is 47.7 Å². The molecule has 2 aromatic carbocycles. The van der Waals surface area contributed by atoms with E-state index in [4.69, 9.17) is 9.72 Å². The van der Waals surface area contributed by atoms with E-state index in [9.17, 15) is 0 Å². The van der Waals surface area contributed by atoms with Crippen LogP contribution in [0.3, 0.4) is 0 Å². The molecule has 0 amide bonds. The Morgan fingerprint density at radius 1 is 0.889 bits per heavy atom. The lowest BCUT2D eigenvalue weighted by Gasteiger charge is -2.19. The first-order valence-electron chi connectivity index (χ1n) is 9.47. The summed E-state index contributed by atoms with van der Waals surface area (Å²) in [6.45, 7) is 11.2. The number of nitrogens with one attached hydrogen (secondary N) is 1. The van der Waals surface area contributed by atoms with Crippen molar-refractivity contribution in [2.75, 3.05) is 5.32 Å². The lowest BCUT2D eigenvalue weighted by molar-refractivity contribution is 0.300. The highest BCUT2D eigenvalue weighted by molar-refractivity contribution is 5.66. The van der Waals surface area contributed by atoms with Crippen molar-refractivity contribution in [1.29, 1.82) is 0 Å². The van der Waals surface area contributed by atoms with E-state index in [-0.39, 0.29) is 0 Å². The Morgan fingerprint density at radius 2 is 1.56 bits per heavy atom. The summed E-state index contributed by atoms with van der Waals surface area (Å²) in [7, 11) is 0. The van der Waals surface area contributed by atoms with Crippen LogP contribution < -0.4 is 10.1 Å². The van der Waals surface area contributed by atoms with Gasteiger partial charge in [-0.05, 0) is 55.0 Å². The average molecular weight is 361 g/mol. The maximum atomic E-state index is 6.11. The molecule has 1 aromatic heterocycles. The van der Waals surface area contributed by atoms with Gasteiger partial charge in [0, 0.05) is 5.69 Å². The minimum absolute atomic E-state index is 0.449. The normalized spacial score (nSPS) is 10.9. The monoisotopic (exact) mass is 360 g/mol. The molecule has 0 spiro atoms. The summed E-state index contributed by atoms with van der Waals surface area (Å²) in [4.78, 5) is 4.81. The first kappa shape index (κ1) is 19.0. The van der Waals surface area contributed by atoms with Crippen molar-refractivity contribution in [3.05, 3.63) is 82.5 Å². The zero-order chi connectivity index (χ0) is 19.4. The number of anilines is 2. The lowest BCUT2D eigenvalue weighted by Crippen LogP contribution is -2.07. The first-order valence-corrected chi connectivity index (χ1v) is 9.47. The fraction of sp³-hybridized carbons (Fsp3) is 0.292. The third-order valence-corrected chi connectivity index (χ3v) is 4.93. The molecule has 0 radical (unpaired) electrons. The maximum absolute atomic E-state index is 6.11. The number of pyridine rings is 1. The van der Waals surface area contributed by atoms with Gasteiger partial charge in [0.2, 0.25) is 0 Å². The van der Waals surface area contributed by atoms with Gasteiger partial charge in [-0.15, -0.1) is 0 Å². The van der Waals surface area contributed by atoms with Crippen LogP contribution in [0, 0.1) is 20.8 Å². The zero-order valence-corrected chi connectivity index (χ0v) is 16.8. The van der Waals surface area contributed by atoms with Gasteiger partial charge in [0.05, 0.1) is 5.69 Å². The Hall–Kier alpha value is -2.81. The van der Waals surface area contributed by atoms with E-state index in [1.807, 2.05) is 25.1 Å². The number of nitrogens with zero attached hydrogens (tertiary/aromatic N) is 1. The molecule has 3 nitrogen and oxygen atoms in total. The van der Waals surface area contributed by atoms with Crippen molar-refractivity contribution in [3.8, 4) is 5.75 Å². The second-order valence-electron chi connectivity index (χ2n) is 7.27. The highest BCUT2D eigenvalue weighted by Crippen LogP contribution is 2.33. The molecule has 27 heavy (non-hydrogen) atoms. The number of rotatable bonds is 6. The van der Waals surface area contributed by atoms with Gasteiger partial charge in [0.1, 0.15) is 18.2 Å². The second kappa shape index (κ2) is 8.26. The molecule has 0 aliphatic rings. The van der Waals surface area contributed by atoms with Gasteiger partial charge in [-0.3, -0.25) is 0 Å². The van der Waals surface area contributed by atoms with Gasteiger partial charge >= 0.3 is 0 Å². The number of para-hydroxylation sites is 1. The smallest absolute Gasteiger partial charge is 0.144 e. The Balaban J connectivity index is 1.87. The number of hydrogen-bond acceptors (Lipinski definition) is 3. The van der Waals surface area contributed by atoms with E-state index in [0.29, 0.717) is 12.5 Å². The Bertz CT molecular complexity index is 917. The molecule has 0 saturated heterocycles. The predicted molar refractivity (Wildman–Crippen MR) is 113 cm³/mol. The number of aryl methyl sites for hydroxylation is 1. The molecular weight excluding hydrogens is 332 g/mol. The van der Waals surface area contributed by atoms with Crippen molar-refractivity contribution < 1.29 is 4.74 Å². The molecule has 0 fully saturated rings. The average Bonchev–Trinajstić information content (AvgIpc) is 2.67. The lowest BCUT2D eigenvalue weighted by atomic mass is 10.0. The standard InChI is InChI=1S/C24H28N2O/c1-16(2)21-13-9-10-14-22(21)26-24-18(4)17(3)23(19(5)25-24)27-15-20-11-7-6-8-12-20/h6-14,16H,15H2,1-5H3,(H,25,26). The summed E-state index contributed by atoms with van der Waals surface area (Å²) < 4.78 is 6.11. The zero-order valence-electron chi connectivity index (χ0n) is 16.8. The summed E-state index contributed by atoms with van der Waals surface area (Å²) >= 11 is 0. The van der Waals surface area contributed by atoms with E-state index in [2.05, 4.69) is 69.4 Å². The van der Waals surface area contributed by atoms with Gasteiger partial charge in [0.25, 0.3) is 0 Å². The van der Waals surface area contributed by atoms with E-state index in [0.717, 1.165) is 39.6 Å². The topological polar surface area (TPSA) is 34.2 Å². The SMILES string of the molecule is Cc1nc(Nc2ccccc2C(C)C)c(C)c(C)c1OCc1ccccc1. The van der Waals surface area contributed by atoms with Gasteiger partial charge in [-0.2, -0.15) is 0 Å². The van der Waals surface area contributed by atoms with E-state index < -0.39 is 0 Å². The van der Waals surface area contributed by atoms with E-state index in [1.54, 1.807) is 0 Å². The number of ether oxygens (including phenoxy) is 1. The molecule has 3 aromatic rings. The molecular formula is C24H28N2O. The highest BCUT2D eigenvalue weighted by Gasteiger charge is 2.15. The van der Waals surface area contributed by atoms with Gasteiger partial charge in [-0.1, -0.05) is 62.4 Å². The quantitative estimate of drug-likeness (QED) is 0.548. The van der Waals surface area contributed by atoms with Crippen LogP contribution in [-0.2, 0) is 6.61 Å². The summed E-state index contributed by atoms with van der Waals surface area (Å²) in [5, 5.41) is 3.54. The third kappa shape index (κ3) is 4.30. The van der Waals surface area contributed by atoms with Crippen LogP contribution in [0.2, 0.25) is 0 Å². The molecule has 1 N–H and O–H groups in total. The maximum Gasteiger partial charge on any atom is 0.144 e. The Labute approximate surface area is 162 Å². The van der Waals surface area contributed by atoms with Gasteiger partial charge < -0.3 is 10.1 Å². The molecule has 140 valence electrons. The summed E-state index contributed by atoms with van der Waals surface area (Å²) in [5.41, 5.74) is 6.70. The predicted octanol–water partition coefficient (Wildman–Crippen LogP) is 6.45. The summed E-state index contributed by atoms with van der Waals surface area (Å²) in [6, 6.07) is 18.6. The van der Waals surface area contributed by atoms with Crippen molar-refractivity contribution in [2.45, 2.75) is 47.1 Å². The molecule has 0 atom stereocenters. The largest absolute Gasteiger partial charge is 0.487 e. The second-order valence-corrected chi connectivity index (χ2v) is 7.27. The molecule has 0 bridgehead atoms. The first-order chi connectivity index (χ1) is 13.0. The molecule has 0 aliphatic heterocycles. The fourth-order valence-electron chi connectivity index (χ4n) is 3.23. The summed E-state index contributed by atoms with van der Waals surface area (Å²) in [6.07, 6.45) is 0. The van der Waals surface area contributed by atoms with Crippen molar-refractivity contribution in [2.24, 2.45) is 0 Å². The van der Waals surface area contributed by atoms with Crippen molar-refractivity contribution >= 4 is 11.5 Å². The van der Waals surface area contributed by atoms with Crippen molar-refractivity contribution in [3.63, 3.8) is 0 Å². The van der Waals surface area contributed by atoms with E-state index in [1.165, 1.54) is 5.56 Å². The van der Waals surface area contributed by atoms with Crippen LogP contribution in [-0.4, -0.2) is 4.98 Å². The fourth-order valence-corrected chi connectivity index (χ4v) is 3.23. The molecule has 1 heterocycles. The number of aromatic nitrogens is 1. The minimum atomic E-state index is 0.449. The van der Waals surface area contributed by atoms with Crippen LogP contribution >= 0.6 is 0 Å². The Kier molecular flexibility index (Phi) is 5.80. The third-order valence-electron chi connectivity index (χ3n) is 4.93. The van der Waals surface area contributed by atoms with Crippen LogP contribution in [0.4, 0.5) is 11.5 Å². The number of hydrogen-bond donors (Lipinski definition) is 1. The summed E-state index contributed by atoms with van der Waals surface area (Å²) in [5.74, 6) is 2.22. The minimum Gasteiger partial charge on any atom is -0.487 e. The molecule has 3 heteroatoms. The van der Waals surface area contributed by atoms with E-state index >= 15 is 0 Å². The Morgan fingerprint density at radius 3 is 2.26 bits per heavy atom. The molecule has 0 saturated carbocycles. The highest BCUT2D eigenvalue weighted by atomic mass is 16.5. The van der Waals surface area contributed by atoms with Crippen LogP contribution in [0.15, 0.2) is 54.6 Å². The van der Waals surface area contributed by atoms with Gasteiger partial charge in [-0.25, -0.2) is 4.98 Å². The van der Waals surface area contributed by atoms with Gasteiger partial charge in [0.15, 0.2) is 0 Å². The molecule has 0 unspecified atom stereocenters. The number of benzene rings is 2. The van der Waals surface area contributed by atoms with Crippen molar-refractivity contribution in [1.82, 2.24) is 4.98 Å².